The van der Waals surface area contributed by atoms with Gasteiger partial charge >= 0.3 is 5.97 Å². The van der Waals surface area contributed by atoms with E-state index < -0.39 is 22.9 Å². The van der Waals surface area contributed by atoms with Crippen LogP contribution in [0.15, 0.2) is 42.5 Å². The molecule has 0 fully saturated rings. The Bertz CT molecular complexity index is 894. The van der Waals surface area contributed by atoms with E-state index in [1.807, 2.05) is 18.2 Å². The van der Waals surface area contributed by atoms with Gasteiger partial charge in [0.2, 0.25) is 0 Å². The quantitative estimate of drug-likeness (QED) is 0.427. The van der Waals surface area contributed by atoms with Crippen molar-refractivity contribution in [3.05, 3.63) is 69.3 Å². The maximum atomic E-state index is 12.5. The molecule has 1 N–H and O–H groups in total. The highest BCUT2D eigenvalue weighted by Gasteiger charge is 2.24. The monoisotopic (exact) mass is 384 g/mol. The van der Waals surface area contributed by atoms with Crippen molar-refractivity contribution >= 4 is 23.3 Å². The minimum Gasteiger partial charge on any atom is -0.449 e. The first-order valence-corrected chi connectivity index (χ1v) is 9.11. The summed E-state index contributed by atoms with van der Waals surface area (Å²) in [6.07, 6.45) is -0.139. The fraction of sp³-hybridized carbons (Fsp3) is 0.333. The van der Waals surface area contributed by atoms with Gasteiger partial charge in [-0.15, -0.1) is 0 Å². The Morgan fingerprint density at radius 2 is 1.82 bits per heavy atom. The molecule has 0 heterocycles. The van der Waals surface area contributed by atoms with Crippen LogP contribution in [-0.2, 0) is 9.53 Å². The van der Waals surface area contributed by atoms with Gasteiger partial charge in [0.25, 0.3) is 11.6 Å². The van der Waals surface area contributed by atoms with Crippen LogP contribution in [0.5, 0.6) is 0 Å². The Kier molecular flexibility index (Phi) is 6.87. The minimum absolute atomic E-state index is 0.0638. The van der Waals surface area contributed by atoms with Gasteiger partial charge in [-0.3, -0.25) is 14.9 Å². The molecule has 7 heteroatoms. The Hall–Kier alpha value is -3.22. The van der Waals surface area contributed by atoms with E-state index in [9.17, 15) is 19.7 Å². The van der Waals surface area contributed by atoms with Crippen molar-refractivity contribution in [2.24, 2.45) is 0 Å². The molecule has 2 aromatic rings. The van der Waals surface area contributed by atoms with E-state index in [0.717, 1.165) is 12.0 Å². The fourth-order valence-electron chi connectivity index (χ4n) is 2.81. The second-order valence-corrected chi connectivity index (χ2v) is 6.64. The van der Waals surface area contributed by atoms with E-state index in [4.69, 9.17) is 4.74 Å². The smallest absolute Gasteiger partial charge is 0.339 e. The Labute approximate surface area is 163 Å². The van der Waals surface area contributed by atoms with E-state index in [0.29, 0.717) is 5.69 Å². The van der Waals surface area contributed by atoms with Crippen LogP contribution in [0.1, 0.15) is 54.6 Å². The molecule has 0 spiro atoms. The van der Waals surface area contributed by atoms with E-state index >= 15 is 0 Å². The van der Waals surface area contributed by atoms with Crippen molar-refractivity contribution in [3.8, 4) is 0 Å². The second kappa shape index (κ2) is 9.12. The zero-order chi connectivity index (χ0) is 20.8. The second-order valence-electron chi connectivity index (χ2n) is 6.64. The summed E-state index contributed by atoms with van der Waals surface area (Å²) in [5.74, 6) is -0.979. The summed E-state index contributed by atoms with van der Waals surface area (Å²) in [7, 11) is 0. The van der Waals surface area contributed by atoms with Crippen molar-refractivity contribution in [1.82, 2.24) is 0 Å². The van der Waals surface area contributed by atoms with Crippen LogP contribution < -0.4 is 5.32 Å². The first kappa shape index (κ1) is 21.1. The van der Waals surface area contributed by atoms with E-state index in [2.05, 4.69) is 19.2 Å². The van der Waals surface area contributed by atoms with Crippen molar-refractivity contribution in [2.75, 3.05) is 5.32 Å². The van der Waals surface area contributed by atoms with Crippen molar-refractivity contribution in [3.63, 3.8) is 0 Å². The number of benzene rings is 2. The number of hydrogen-bond donors (Lipinski definition) is 1. The van der Waals surface area contributed by atoms with Gasteiger partial charge in [0, 0.05) is 17.3 Å². The lowest BCUT2D eigenvalue weighted by molar-refractivity contribution is -0.385. The summed E-state index contributed by atoms with van der Waals surface area (Å²) in [6.45, 7) is 7.07. The normalized spacial score (nSPS) is 12.7. The molecule has 2 aromatic carbocycles. The lowest BCUT2D eigenvalue weighted by atomic mass is 9.97. The van der Waals surface area contributed by atoms with E-state index in [1.54, 1.807) is 6.07 Å². The first-order chi connectivity index (χ1) is 13.3. The van der Waals surface area contributed by atoms with Crippen LogP contribution in [0.2, 0.25) is 0 Å². The summed E-state index contributed by atoms with van der Waals surface area (Å²) in [4.78, 5) is 35.4. The fourth-order valence-corrected chi connectivity index (χ4v) is 2.81. The van der Waals surface area contributed by atoms with E-state index in [-0.39, 0.29) is 22.7 Å². The number of nitro groups is 1. The largest absolute Gasteiger partial charge is 0.449 e. The van der Waals surface area contributed by atoms with Gasteiger partial charge in [0.05, 0.1) is 10.5 Å². The summed E-state index contributed by atoms with van der Waals surface area (Å²) < 4.78 is 5.24. The number of carbonyl (C=O) groups excluding carboxylic acids is 2. The maximum Gasteiger partial charge on any atom is 0.339 e. The van der Waals surface area contributed by atoms with Crippen LogP contribution in [-0.4, -0.2) is 22.9 Å². The number of amides is 1. The molecule has 0 aromatic heterocycles. The zero-order valence-corrected chi connectivity index (χ0v) is 16.4. The molecule has 0 bridgehead atoms. The van der Waals surface area contributed by atoms with Crippen molar-refractivity contribution < 1.29 is 19.2 Å². The number of anilines is 1. The summed E-state index contributed by atoms with van der Waals surface area (Å²) in [5.41, 5.74) is 1.78. The molecule has 1 amide bonds. The predicted octanol–water partition coefficient (Wildman–Crippen LogP) is 4.60. The molecule has 0 aliphatic heterocycles. The standard InChI is InChI=1S/C21H24N2O5/c1-5-13(2)16-9-6-7-11-18(16)22-20(24)15(4)28-21(25)17-10-8-12-19(14(17)3)23(26)27/h6-13,15H,5H2,1-4H3,(H,22,24)/t13-,15+/m1/s1. The average Bonchev–Trinajstić information content (AvgIpc) is 2.67. The maximum absolute atomic E-state index is 12.5. The molecule has 0 aliphatic rings. The molecule has 0 aliphatic carbocycles. The molecular weight excluding hydrogens is 360 g/mol. The highest BCUT2D eigenvalue weighted by Crippen LogP contribution is 2.27. The lowest BCUT2D eigenvalue weighted by Gasteiger charge is -2.18. The third-order valence-electron chi connectivity index (χ3n) is 4.74. The van der Waals surface area contributed by atoms with Crippen LogP contribution in [0.4, 0.5) is 11.4 Å². The van der Waals surface area contributed by atoms with Crippen molar-refractivity contribution in [2.45, 2.75) is 46.1 Å². The summed E-state index contributed by atoms with van der Waals surface area (Å²) >= 11 is 0. The summed E-state index contributed by atoms with van der Waals surface area (Å²) in [5, 5.41) is 13.8. The molecule has 28 heavy (non-hydrogen) atoms. The van der Waals surface area contributed by atoms with Gasteiger partial charge in [0.1, 0.15) is 0 Å². The van der Waals surface area contributed by atoms with Crippen molar-refractivity contribution in [1.29, 1.82) is 0 Å². The number of hydrogen-bond acceptors (Lipinski definition) is 5. The zero-order valence-electron chi connectivity index (χ0n) is 16.4. The molecule has 2 atom stereocenters. The molecule has 0 saturated carbocycles. The Balaban J connectivity index is 2.13. The number of para-hydroxylation sites is 1. The van der Waals surface area contributed by atoms with Crippen LogP contribution >= 0.6 is 0 Å². The highest BCUT2D eigenvalue weighted by molar-refractivity contribution is 5.98. The SMILES string of the molecule is CC[C@@H](C)c1ccccc1NC(=O)[C@H](C)OC(=O)c1cccc([N+](=O)[O-])c1C. The summed E-state index contributed by atoms with van der Waals surface area (Å²) in [6, 6.07) is 11.7. The molecule has 2 rings (SSSR count). The number of ether oxygens (including phenoxy) is 1. The number of nitrogens with zero attached hydrogens (tertiary/aromatic N) is 1. The highest BCUT2D eigenvalue weighted by atomic mass is 16.6. The number of carbonyl (C=O) groups is 2. The van der Waals surface area contributed by atoms with Gasteiger partial charge in [0.15, 0.2) is 6.10 Å². The van der Waals surface area contributed by atoms with Gasteiger partial charge in [-0.25, -0.2) is 4.79 Å². The van der Waals surface area contributed by atoms with Gasteiger partial charge in [-0.2, -0.15) is 0 Å². The van der Waals surface area contributed by atoms with E-state index in [1.165, 1.54) is 32.0 Å². The Morgan fingerprint density at radius 1 is 1.14 bits per heavy atom. The minimum atomic E-state index is -1.06. The molecular formula is C21H24N2O5. The van der Waals surface area contributed by atoms with Gasteiger partial charge < -0.3 is 10.1 Å². The molecule has 0 radical (unpaired) electrons. The van der Waals surface area contributed by atoms with Gasteiger partial charge in [-0.1, -0.05) is 38.1 Å². The first-order valence-electron chi connectivity index (χ1n) is 9.11. The third kappa shape index (κ3) is 4.73. The predicted molar refractivity (Wildman–Crippen MR) is 106 cm³/mol. The topological polar surface area (TPSA) is 98.5 Å². The van der Waals surface area contributed by atoms with Crippen LogP contribution in [0.3, 0.4) is 0 Å². The molecule has 0 unspecified atom stereocenters. The average molecular weight is 384 g/mol. The third-order valence-corrected chi connectivity index (χ3v) is 4.74. The van der Waals surface area contributed by atoms with Crippen LogP contribution in [0, 0.1) is 17.0 Å². The van der Waals surface area contributed by atoms with Gasteiger partial charge in [-0.05, 0) is 43.9 Å². The lowest BCUT2D eigenvalue weighted by Crippen LogP contribution is -2.30. The van der Waals surface area contributed by atoms with Crippen LogP contribution in [0.25, 0.3) is 0 Å². The molecule has 7 nitrogen and oxygen atoms in total. The number of nitrogens with one attached hydrogen (secondary N) is 1. The molecule has 148 valence electrons. The Morgan fingerprint density at radius 3 is 2.46 bits per heavy atom. The number of nitro benzene ring substituents is 1. The number of rotatable bonds is 7. The molecule has 0 saturated heterocycles. The number of esters is 1.